The molecule has 1 fully saturated rings. The minimum atomic E-state index is -1.57. The summed E-state index contributed by atoms with van der Waals surface area (Å²) in [5, 5.41) is 54.2. The molecule has 0 radical (unpaired) electrons. The third-order valence-electron chi connectivity index (χ3n) is 14.7. The summed E-state index contributed by atoms with van der Waals surface area (Å²) in [7, 11) is 0. The fraction of sp³-hybridized carbons (Fsp3) is 0.844. The highest BCUT2D eigenvalue weighted by atomic mass is 16.7. The van der Waals surface area contributed by atoms with E-state index in [4.69, 9.17) is 14.2 Å². The van der Waals surface area contributed by atoms with Gasteiger partial charge in [0.25, 0.3) is 0 Å². The monoisotopic (exact) mass is 1060 g/mol. The summed E-state index contributed by atoms with van der Waals surface area (Å²) in [6.07, 6.45) is 57.9. The molecule has 7 unspecified atom stereocenters. The largest absolute Gasteiger partial charge is 0.466 e. The first-order chi connectivity index (χ1) is 36.7. The number of aliphatic hydroxyl groups excluding tert-OH is 5. The molecule has 0 spiro atoms. The van der Waals surface area contributed by atoms with Crippen molar-refractivity contribution in [1.29, 1.82) is 0 Å². The molecule has 1 rings (SSSR count). The van der Waals surface area contributed by atoms with Gasteiger partial charge in [-0.2, -0.15) is 0 Å². The van der Waals surface area contributed by atoms with E-state index in [1.165, 1.54) is 173 Å². The molecule has 0 bridgehead atoms. The summed E-state index contributed by atoms with van der Waals surface area (Å²) in [5.41, 5.74) is 0. The lowest BCUT2D eigenvalue weighted by Crippen LogP contribution is -2.60. The highest BCUT2D eigenvalue weighted by Gasteiger charge is 2.44. The lowest BCUT2D eigenvalue weighted by molar-refractivity contribution is -0.302. The van der Waals surface area contributed by atoms with Crippen LogP contribution in [0.1, 0.15) is 284 Å². The first kappa shape index (κ1) is 70.6. The lowest BCUT2D eigenvalue weighted by atomic mass is 9.99. The van der Waals surface area contributed by atoms with Gasteiger partial charge in [0.05, 0.1) is 32.0 Å². The molecule has 1 aliphatic heterocycles. The van der Waals surface area contributed by atoms with Crippen LogP contribution < -0.4 is 5.32 Å². The van der Waals surface area contributed by atoms with Crippen LogP contribution in [0.25, 0.3) is 0 Å². The van der Waals surface area contributed by atoms with Gasteiger partial charge in [-0.15, -0.1) is 0 Å². The lowest BCUT2D eigenvalue weighted by Gasteiger charge is -2.40. The zero-order chi connectivity index (χ0) is 54.5. The van der Waals surface area contributed by atoms with E-state index in [2.05, 4.69) is 55.6 Å². The van der Waals surface area contributed by atoms with Crippen LogP contribution in [0, 0.1) is 0 Å². The Morgan fingerprint density at radius 3 is 1.39 bits per heavy atom. The Bertz CT molecular complexity index is 1390. The first-order valence-electron chi connectivity index (χ1n) is 31.4. The van der Waals surface area contributed by atoms with Crippen LogP contribution in [-0.2, 0) is 23.8 Å². The summed E-state index contributed by atoms with van der Waals surface area (Å²) in [4.78, 5) is 25.1. The van der Waals surface area contributed by atoms with E-state index >= 15 is 0 Å². The summed E-state index contributed by atoms with van der Waals surface area (Å²) < 4.78 is 16.7. The summed E-state index contributed by atoms with van der Waals surface area (Å²) in [5.74, 6) is -0.205. The van der Waals surface area contributed by atoms with Crippen LogP contribution in [0.15, 0.2) is 48.6 Å². The number of carbonyl (C=O) groups is 2. The van der Waals surface area contributed by atoms with Gasteiger partial charge >= 0.3 is 5.97 Å². The zero-order valence-electron chi connectivity index (χ0n) is 48.3. The minimum Gasteiger partial charge on any atom is -0.466 e. The Labute approximate surface area is 459 Å². The van der Waals surface area contributed by atoms with Crippen molar-refractivity contribution in [2.75, 3.05) is 19.8 Å². The fourth-order valence-electron chi connectivity index (χ4n) is 9.64. The van der Waals surface area contributed by atoms with Crippen molar-refractivity contribution >= 4 is 11.9 Å². The fourth-order valence-corrected chi connectivity index (χ4v) is 9.64. The van der Waals surface area contributed by atoms with Crippen molar-refractivity contribution < 1.29 is 49.3 Å². The maximum absolute atomic E-state index is 13.0. The number of carbonyl (C=O) groups excluding carboxylic acids is 2. The molecule has 0 aliphatic carbocycles. The number of allylic oxidation sites excluding steroid dienone is 7. The Kier molecular flexibility index (Phi) is 50.5. The number of rotatable bonds is 54. The molecule has 1 amide bonds. The topological polar surface area (TPSA) is 175 Å². The Morgan fingerprint density at radius 2 is 0.893 bits per heavy atom. The molecule has 1 saturated heterocycles. The van der Waals surface area contributed by atoms with Crippen LogP contribution >= 0.6 is 0 Å². The molecule has 7 atom stereocenters. The van der Waals surface area contributed by atoms with Crippen molar-refractivity contribution in [3.8, 4) is 0 Å². The van der Waals surface area contributed by atoms with Gasteiger partial charge < -0.3 is 45.1 Å². The molecular formula is C64H117NO10. The predicted octanol–water partition coefficient (Wildman–Crippen LogP) is 14.8. The zero-order valence-corrected chi connectivity index (χ0v) is 48.3. The van der Waals surface area contributed by atoms with Gasteiger partial charge in [-0.05, 0) is 89.9 Å². The number of nitrogens with one attached hydrogen (secondary N) is 1. The van der Waals surface area contributed by atoms with Gasteiger partial charge in [-0.1, -0.05) is 229 Å². The molecule has 0 aromatic heterocycles. The standard InChI is InChI=1S/C64H117NO10/c1-3-5-7-9-11-13-14-15-16-22-26-29-32-36-40-44-48-52-60(69)73-53-49-45-41-37-33-30-27-24-21-19-17-18-20-23-25-28-31-35-39-43-47-51-59(68)65-56(57(67)50-46-42-38-34-12-10-8-6-4-2)55-74-64-63(72)62(71)61(70)58(54-66)75-64/h11,13,15-16,18,20,46,50,56-58,61-64,66-67,70-72H,3-10,12,14,17,19,21-45,47-49,51-55H2,1-2H3,(H,65,68)/b13-11-,16-15-,20-18-,50-46+. The van der Waals surface area contributed by atoms with Crippen LogP contribution in [0.4, 0.5) is 0 Å². The molecule has 1 heterocycles. The maximum atomic E-state index is 13.0. The van der Waals surface area contributed by atoms with Gasteiger partial charge in [-0.3, -0.25) is 9.59 Å². The molecule has 0 saturated carbocycles. The Hall–Kier alpha value is -2.38. The van der Waals surface area contributed by atoms with Gasteiger partial charge in [0.2, 0.25) is 5.91 Å². The smallest absolute Gasteiger partial charge is 0.305 e. The van der Waals surface area contributed by atoms with Crippen molar-refractivity contribution in [3.63, 3.8) is 0 Å². The van der Waals surface area contributed by atoms with E-state index in [0.717, 1.165) is 83.5 Å². The van der Waals surface area contributed by atoms with E-state index in [1.54, 1.807) is 6.08 Å². The SMILES string of the molecule is CCCCC/C=C\C/C=C\CCCCCCCCCC(=O)OCCCCCCCCCCCC/C=C\CCCCCCCCCC(=O)NC(COC1OC(CO)C(O)C(O)C1O)C(O)/C=C/CCCCCCCCC. The third-order valence-corrected chi connectivity index (χ3v) is 14.7. The predicted molar refractivity (Wildman–Crippen MR) is 310 cm³/mol. The van der Waals surface area contributed by atoms with Crippen LogP contribution in [0.5, 0.6) is 0 Å². The minimum absolute atomic E-state index is 0.0132. The van der Waals surface area contributed by atoms with E-state index in [9.17, 15) is 35.1 Å². The van der Waals surface area contributed by atoms with Crippen LogP contribution in [0.2, 0.25) is 0 Å². The number of aliphatic hydroxyl groups is 5. The van der Waals surface area contributed by atoms with Crippen molar-refractivity contribution in [3.05, 3.63) is 48.6 Å². The number of hydrogen-bond acceptors (Lipinski definition) is 10. The summed E-state index contributed by atoms with van der Waals surface area (Å²) >= 11 is 0. The average molecular weight is 1060 g/mol. The second-order valence-corrected chi connectivity index (χ2v) is 21.8. The molecule has 11 nitrogen and oxygen atoms in total. The molecule has 6 N–H and O–H groups in total. The number of esters is 1. The number of ether oxygens (including phenoxy) is 3. The number of unbranched alkanes of at least 4 members (excludes halogenated alkanes) is 34. The number of hydrogen-bond donors (Lipinski definition) is 6. The second kappa shape index (κ2) is 53.6. The van der Waals surface area contributed by atoms with Gasteiger partial charge in [0.1, 0.15) is 24.4 Å². The average Bonchev–Trinajstić information content (AvgIpc) is 3.41. The van der Waals surface area contributed by atoms with E-state index in [-0.39, 0.29) is 18.5 Å². The van der Waals surface area contributed by atoms with Gasteiger partial charge in [-0.25, -0.2) is 0 Å². The molecule has 1 aliphatic rings. The van der Waals surface area contributed by atoms with E-state index < -0.39 is 49.5 Å². The highest BCUT2D eigenvalue weighted by molar-refractivity contribution is 5.76. The quantitative estimate of drug-likeness (QED) is 0.0195. The van der Waals surface area contributed by atoms with E-state index in [1.807, 2.05) is 6.08 Å². The highest BCUT2D eigenvalue weighted by Crippen LogP contribution is 2.23. The molecule has 75 heavy (non-hydrogen) atoms. The van der Waals surface area contributed by atoms with Gasteiger partial charge in [0, 0.05) is 12.8 Å². The summed E-state index contributed by atoms with van der Waals surface area (Å²) in [6, 6.07) is -0.815. The molecule has 0 aromatic rings. The summed E-state index contributed by atoms with van der Waals surface area (Å²) in [6.45, 7) is 4.28. The molecule has 438 valence electrons. The van der Waals surface area contributed by atoms with Gasteiger partial charge in [0.15, 0.2) is 6.29 Å². The van der Waals surface area contributed by atoms with Crippen molar-refractivity contribution in [1.82, 2.24) is 5.32 Å². The molecular weight excluding hydrogens is 943 g/mol. The van der Waals surface area contributed by atoms with Crippen molar-refractivity contribution in [2.45, 2.75) is 326 Å². The van der Waals surface area contributed by atoms with E-state index in [0.29, 0.717) is 19.4 Å². The third kappa shape index (κ3) is 43.2. The normalized spacial score (nSPS) is 19.1. The maximum Gasteiger partial charge on any atom is 0.305 e. The molecule has 11 heteroatoms. The number of amides is 1. The molecule has 0 aromatic carbocycles. The van der Waals surface area contributed by atoms with Crippen LogP contribution in [0.3, 0.4) is 0 Å². The second-order valence-electron chi connectivity index (χ2n) is 21.8. The van der Waals surface area contributed by atoms with Crippen molar-refractivity contribution in [2.24, 2.45) is 0 Å². The first-order valence-corrected chi connectivity index (χ1v) is 31.4. The Balaban J connectivity index is 1.99. The van der Waals surface area contributed by atoms with Crippen LogP contribution in [-0.4, -0.2) is 100 Å². The Morgan fingerprint density at radius 1 is 0.493 bits per heavy atom.